The number of nitrogens with one attached hydrogen (secondary N) is 2. The fourth-order valence-corrected chi connectivity index (χ4v) is 3.74. The van der Waals surface area contributed by atoms with E-state index in [-0.39, 0.29) is 0 Å². The fourth-order valence-electron chi connectivity index (χ4n) is 3.74. The molecule has 1 aliphatic carbocycles. The van der Waals surface area contributed by atoms with Crippen molar-refractivity contribution in [1.82, 2.24) is 10.1 Å². The Kier molecular flexibility index (Phi) is 3.78. The molecular formula is C22H20N4O. The Labute approximate surface area is 157 Å². The molecule has 2 heterocycles. The zero-order valence-corrected chi connectivity index (χ0v) is 15.1. The lowest BCUT2D eigenvalue weighted by atomic mass is 10.1. The van der Waals surface area contributed by atoms with Crippen LogP contribution in [0.25, 0.3) is 10.9 Å². The van der Waals surface area contributed by atoms with Crippen molar-refractivity contribution in [2.75, 3.05) is 10.6 Å². The molecule has 0 unspecified atom stereocenters. The number of aromatic nitrogens is 2. The van der Waals surface area contributed by atoms with Crippen LogP contribution in [0.1, 0.15) is 29.3 Å². The molecule has 0 aliphatic heterocycles. The highest BCUT2D eigenvalue weighted by Gasteiger charge is 2.21. The van der Waals surface area contributed by atoms with Crippen LogP contribution >= 0.6 is 0 Å². The normalized spacial score (nSPS) is 15.7. The summed E-state index contributed by atoms with van der Waals surface area (Å²) in [6.07, 6.45) is 2.23. The Hall–Kier alpha value is -3.34. The van der Waals surface area contributed by atoms with Gasteiger partial charge in [0, 0.05) is 17.1 Å². The third-order valence-corrected chi connectivity index (χ3v) is 5.04. The van der Waals surface area contributed by atoms with Gasteiger partial charge in [0.05, 0.1) is 11.6 Å². The number of aryl methyl sites for hydroxylation is 2. The number of nitrogens with zero attached hydrogens (tertiary/aromatic N) is 2. The molecule has 1 aliphatic rings. The van der Waals surface area contributed by atoms with Crippen LogP contribution in [0.4, 0.5) is 17.3 Å². The second kappa shape index (κ2) is 6.43. The van der Waals surface area contributed by atoms with Crippen molar-refractivity contribution in [3.8, 4) is 0 Å². The van der Waals surface area contributed by atoms with Gasteiger partial charge in [-0.05, 0) is 61.2 Å². The summed E-state index contributed by atoms with van der Waals surface area (Å²) in [6.45, 7) is 1.87. The van der Waals surface area contributed by atoms with Crippen molar-refractivity contribution in [2.24, 2.45) is 0 Å². The third-order valence-electron chi connectivity index (χ3n) is 5.04. The van der Waals surface area contributed by atoms with Gasteiger partial charge in [0.25, 0.3) is 0 Å². The standard InChI is InChI=1S/C22H20N4O/c1-14-12-22(26-27-14)23-17-8-10-19-16(13-17)7-11-21(24-19)25-20-9-6-15-4-2-3-5-18(15)20/h2-5,7-8,10-13,20H,6,9H2,1H3,(H,23,26)(H,24,25)/t20-/m1/s1. The highest BCUT2D eigenvalue weighted by molar-refractivity contribution is 5.84. The maximum Gasteiger partial charge on any atom is 0.174 e. The second-order valence-corrected chi connectivity index (χ2v) is 6.99. The fraction of sp³-hybridized carbons (Fsp3) is 0.182. The van der Waals surface area contributed by atoms with Gasteiger partial charge in [-0.2, -0.15) is 0 Å². The van der Waals surface area contributed by atoms with E-state index in [9.17, 15) is 0 Å². The maximum absolute atomic E-state index is 5.10. The molecule has 0 saturated carbocycles. The Balaban J connectivity index is 1.37. The van der Waals surface area contributed by atoms with E-state index in [0.29, 0.717) is 11.9 Å². The Morgan fingerprint density at radius 3 is 2.81 bits per heavy atom. The van der Waals surface area contributed by atoms with Gasteiger partial charge >= 0.3 is 0 Å². The average Bonchev–Trinajstić information content (AvgIpc) is 3.28. The van der Waals surface area contributed by atoms with Gasteiger partial charge in [-0.1, -0.05) is 29.4 Å². The first-order valence-electron chi connectivity index (χ1n) is 9.20. The van der Waals surface area contributed by atoms with E-state index in [1.165, 1.54) is 11.1 Å². The lowest BCUT2D eigenvalue weighted by molar-refractivity contribution is 0.400. The number of rotatable bonds is 4. The van der Waals surface area contributed by atoms with Crippen LogP contribution in [0.15, 0.2) is 65.2 Å². The molecule has 0 bridgehead atoms. The van der Waals surface area contributed by atoms with Crippen LogP contribution in [0.2, 0.25) is 0 Å². The van der Waals surface area contributed by atoms with Gasteiger partial charge < -0.3 is 15.2 Å². The van der Waals surface area contributed by atoms with Crippen LogP contribution in [0.5, 0.6) is 0 Å². The van der Waals surface area contributed by atoms with Crippen molar-refractivity contribution >= 4 is 28.2 Å². The van der Waals surface area contributed by atoms with E-state index >= 15 is 0 Å². The van der Waals surface area contributed by atoms with Crippen molar-refractivity contribution < 1.29 is 4.52 Å². The first kappa shape index (κ1) is 15.9. The van der Waals surface area contributed by atoms with Crippen molar-refractivity contribution in [2.45, 2.75) is 25.8 Å². The summed E-state index contributed by atoms with van der Waals surface area (Å²) in [5.74, 6) is 2.40. The highest BCUT2D eigenvalue weighted by Crippen LogP contribution is 2.33. The molecular weight excluding hydrogens is 336 g/mol. The summed E-state index contributed by atoms with van der Waals surface area (Å²) in [5, 5.41) is 11.9. The molecule has 1 atom stereocenters. The SMILES string of the molecule is Cc1cc(Nc2ccc3nc(N[C@@H]4CCc5ccccc54)ccc3c2)no1. The Morgan fingerprint density at radius 1 is 1.00 bits per heavy atom. The highest BCUT2D eigenvalue weighted by atomic mass is 16.5. The molecule has 0 amide bonds. The molecule has 0 radical (unpaired) electrons. The van der Waals surface area contributed by atoms with E-state index in [1.807, 2.05) is 31.2 Å². The minimum atomic E-state index is 0.336. The molecule has 5 nitrogen and oxygen atoms in total. The monoisotopic (exact) mass is 356 g/mol. The summed E-state index contributed by atoms with van der Waals surface area (Å²) in [7, 11) is 0. The van der Waals surface area contributed by atoms with E-state index in [4.69, 9.17) is 9.51 Å². The van der Waals surface area contributed by atoms with E-state index in [2.05, 4.69) is 52.2 Å². The Morgan fingerprint density at radius 2 is 1.93 bits per heavy atom. The quantitative estimate of drug-likeness (QED) is 0.514. The molecule has 0 fully saturated rings. The maximum atomic E-state index is 5.10. The Bertz CT molecular complexity index is 1120. The zero-order valence-electron chi connectivity index (χ0n) is 15.1. The van der Waals surface area contributed by atoms with Gasteiger partial charge in [-0.15, -0.1) is 0 Å². The minimum Gasteiger partial charge on any atom is -0.363 e. The summed E-state index contributed by atoms with van der Waals surface area (Å²) in [4.78, 5) is 4.79. The van der Waals surface area contributed by atoms with Crippen molar-refractivity contribution in [3.05, 3.63) is 77.6 Å². The summed E-state index contributed by atoms with van der Waals surface area (Å²) in [5.41, 5.74) is 4.76. The van der Waals surface area contributed by atoms with Crippen LogP contribution in [-0.2, 0) is 6.42 Å². The molecule has 0 spiro atoms. The lowest BCUT2D eigenvalue weighted by Gasteiger charge is -2.15. The molecule has 4 aromatic rings. The number of hydrogen-bond donors (Lipinski definition) is 2. The first-order chi connectivity index (χ1) is 13.2. The number of benzene rings is 2. The van der Waals surface area contributed by atoms with Crippen LogP contribution < -0.4 is 10.6 Å². The number of fused-ring (bicyclic) bond motifs is 2. The van der Waals surface area contributed by atoms with E-state index in [1.54, 1.807) is 0 Å². The predicted octanol–water partition coefficient (Wildman–Crippen LogP) is 5.37. The lowest BCUT2D eigenvalue weighted by Crippen LogP contribution is -2.08. The average molecular weight is 356 g/mol. The predicted molar refractivity (Wildman–Crippen MR) is 107 cm³/mol. The molecule has 2 aromatic heterocycles. The molecule has 5 rings (SSSR count). The van der Waals surface area contributed by atoms with Gasteiger partial charge in [-0.25, -0.2) is 4.98 Å². The molecule has 5 heteroatoms. The van der Waals surface area contributed by atoms with Gasteiger partial charge in [0.15, 0.2) is 5.82 Å². The van der Waals surface area contributed by atoms with Crippen LogP contribution in [0, 0.1) is 6.92 Å². The first-order valence-corrected chi connectivity index (χ1v) is 9.20. The van der Waals surface area contributed by atoms with E-state index < -0.39 is 0 Å². The van der Waals surface area contributed by atoms with Gasteiger partial charge in [0.1, 0.15) is 11.6 Å². The zero-order chi connectivity index (χ0) is 18.2. The number of hydrogen-bond acceptors (Lipinski definition) is 5. The van der Waals surface area contributed by atoms with Gasteiger partial charge in [0.2, 0.25) is 0 Å². The van der Waals surface area contributed by atoms with Crippen molar-refractivity contribution in [1.29, 1.82) is 0 Å². The molecule has 134 valence electrons. The summed E-state index contributed by atoms with van der Waals surface area (Å²) in [6, 6.07) is 21.1. The van der Waals surface area contributed by atoms with Gasteiger partial charge in [-0.3, -0.25) is 0 Å². The largest absolute Gasteiger partial charge is 0.363 e. The molecule has 0 saturated heterocycles. The van der Waals surface area contributed by atoms with E-state index in [0.717, 1.165) is 41.0 Å². The third kappa shape index (κ3) is 3.12. The van der Waals surface area contributed by atoms with Crippen LogP contribution in [-0.4, -0.2) is 10.1 Å². The molecule has 27 heavy (non-hydrogen) atoms. The topological polar surface area (TPSA) is 63.0 Å². The second-order valence-electron chi connectivity index (χ2n) is 6.99. The molecule has 2 N–H and O–H groups in total. The smallest absolute Gasteiger partial charge is 0.174 e. The summed E-state index contributed by atoms with van der Waals surface area (Å²) >= 11 is 0. The van der Waals surface area contributed by atoms with Crippen LogP contribution in [0.3, 0.4) is 0 Å². The molecule has 2 aromatic carbocycles. The van der Waals surface area contributed by atoms with Crippen molar-refractivity contribution in [3.63, 3.8) is 0 Å². The number of anilines is 3. The number of pyridine rings is 1. The minimum absolute atomic E-state index is 0.336. The summed E-state index contributed by atoms with van der Waals surface area (Å²) < 4.78 is 5.10.